The molecule has 0 saturated carbocycles. The summed E-state index contributed by atoms with van der Waals surface area (Å²) in [5.41, 5.74) is 2.55. The minimum atomic E-state index is -2.25. The van der Waals surface area contributed by atoms with Crippen molar-refractivity contribution in [3.63, 3.8) is 0 Å². The summed E-state index contributed by atoms with van der Waals surface area (Å²) in [4.78, 5) is 14.3. The van der Waals surface area contributed by atoms with Gasteiger partial charge in [-0.1, -0.05) is 69.2 Å². The Morgan fingerprint density at radius 3 is 1.76 bits per heavy atom. The number of hydrogen-bond acceptors (Lipinski definition) is 7. The molecule has 3 heterocycles. The standard InChI is InChI=1S/C31H60N4O4Si3/c1-18-22-24-27(34-21(2)33-22)35(20-32-24)28-26(39-42(16,17)31(9,10)11)25(38-41(14,15)30(6,7)8)23(37-28)19-36-40(12,13)29(3,4)5/h20,23,25-26,28H,18-19H2,1-17H3/t23-,25-,26-,28-/m1/s1. The molecule has 42 heavy (non-hydrogen) atoms. The number of hydrogen-bond donors (Lipinski definition) is 0. The third-order valence-electron chi connectivity index (χ3n) is 10.4. The first kappa shape index (κ1) is 35.5. The molecule has 0 N–H and O–H groups in total. The largest absolute Gasteiger partial charge is 0.414 e. The van der Waals surface area contributed by atoms with Crippen LogP contribution in [0.5, 0.6) is 0 Å². The number of ether oxygens (including phenoxy) is 1. The van der Waals surface area contributed by atoms with Gasteiger partial charge in [-0.25, -0.2) is 15.0 Å². The van der Waals surface area contributed by atoms with Gasteiger partial charge in [0.25, 0.3) is 0 Å². The van der Waals surface area contributed by atoms with Crippen LogP contribution in [0.25, 0.3) is 11.2 Å². The molecular formula is C31H60N4O4Si3. The van der Waals surface area contributed by atoms with Crippen LogP contribution in [0.1, 0.15) is 87.0 Å². The predicted molar refractivity (Wildman–Crippen MR) is 181 cm³/mol. The van der Waals surface area contributed by atoms with E-state index in [1.54, 1.807) is 0 Å². The van der Waals surface area contributed by atoms with E-state index in [-0.39, 0.29) is 33.4 Å². The summed E-state index contributed by atoms with van der Waals surface area (Å²) in [7, 11) is -6.51. The van der Waals surface area contributed by atoms with E-state index in [0.29, 0.717) is 6.61 Å². The van der Waals surface area contributed by atoms with E-state index in [2.05, 4.69) is 118 Å². The molecule has 0 aromatic carbocycles. The predicted octanol–water partition coefficient (Wildman–Crippen LogP) is 8.40. The molecular weight excluding hydrogens is 577 g/mol. The molecule has 1 saturated heterocycles. The van der Waals surface area contributed by atoms with E-state index in [0.717, 1.165) is 29.1 Å². The third kappa shape index (κ3) is 7.13. The lowest BCUT2D eigenvalue weighted by Gasteiger charge is -2.44. The minimum Gasteiger partial charge on any atom is -0.414 e. The Morgan fingerprint density at radius 2 is 1.29 bits per heavy atom. The molecule has 3 rings (SSSR count). The molecule has 0 radical (unpaired) electrons. The van der Waals surface area contributed by atoms with Gasteiger partial charge >= 0.3 is 0 Å². The average Bonchev–Trinajstić information content (AvgIpc) is 3.36. The molecule has 4 atom stereocenters. The first-order valence-corrected chi connectivity index (χ1v) is 24.4. The van der Waals surface area contributed by atoms with Crippen LogP contribution in [-0.2, 0) is 24.4 Å². The normalized spacial score (nSPS) is 23.3. The summed E-state index contributed by atoms with van der Waals surface area (Å²) in [6.45, 7) is 38.8. The first-order chi connectivity index (χ1) is 18.8. The summed E-state index contributed by atoms with van der Waals surface area (Å²) in [5, 5.41) is 0.128. The van der Waals surface area contributed by atoms with Gasteiger partial charge in [-0.15, -0.1) is 0 Å². The Balaban J connectivity index is 2.19. The van der Waals surface area contributed by atoms with E-state index in [1.807, 2.05) is 13.3 Å². The van der Waals surface area contributed by atoms with Crippen LogP contribution in [-0.4, -0.2) is 69.4 Å². The van der Waals surface area contributed by atoms with Gasteiger partial charge in [0.2, 0.25) is 0 Å². The number of imidazole rings is 1. The van der Waals surface area contributed by atoms with E-state index in [1.165, 1.54) is 0 Å². The van der Waals surface area contributed by atoms with Gasteiger partial charge in [-0.2, -0.15) is 0 Å². The minimum absolute atomic E-state index is 0.0138. The van der Waals surface area contributed by atoms with Crippen LogP contribution >= 0.6 is 0 Å². The van der Waals surface area contributed by atoms with Crippen molar-refractivity contribution in [2.24, 2.45) is 0 Å². The van der Waals surface area contributed by atoms with Crippen LogP contribution in [0.3, 0.4) is 0 Å². The van der Waals surface area contributed by atoms with Gasteiger partial charge in [-0.05, 0) is 67.7 Å². The molecule has 1 aliphatic rings. The van der Waals surface area contributed by atoms with Crippen molar-refractivity contribution in [2.75, 3.05) is 6.61 Å². The van der Waals surface area contributed by atoms with E-state index < -0.39 is 31.2 Å². The van der Waals surface area contributed by atoms with Crippen molar-refractivity contribution in [2.45, 2.75) is 162 Å². The van der Waals surface area contributed by atoms with Gasteiger partial charge < -0.3 is 18.0 Å². The highest BCUT2D eigenvalue weighted by Crippen LogP contribution is 2.47. The summed E-state index contributed by atoms with van der Waals surface area (Å²) in [5.74, 6) is 0.729. The molecule has 2 aromatic rings. The molecule has 0 spiro atoms. The third-order valence-corrected chi connectivity index (χ3v) is 23.8. The van der Waals surface area contributed by atoms with Crippen molar-refractivity contribution in [1.29, 1.82) is 0 Å². The smallest absolute Gasteiger partial charge is 0.192 e. The molecule has 240 valence electrons. The molecule has 0 bridgehead atoms. The Bertz CT molecular complexity index is 1240. The number of aryl methyl sites for hydroxylation is 2. The molecule has 2 aromatic heterocycles. The van der Waals surface area contributed by atoms with Crippen LogP contribution in [0, 0.1) is 6.92 Å². The van der Waals surface area contributed by atoms with Crippen molar-refractivity contribution in [1.82, 2.24) is 19.5 Å². The zero-order valence-corrected chi connectivity index (χ0v) is 32.7. The monoisotopic (exact) mass is 636 g/mol. The quantitative estimate of drug-likeness (QED) is 0.256. The number of rotatable bonds is 9. The molecule has 1 aliphatic heterocycles. The molecule has 0 unspecified atom stereocenters. The summed E-state index contributed by atoms with van der Waals surface area (Å²) in [6.07, 6.45) is 1.26. The second-order valence-corrected chi connectivity index (χ2v) is 31.0. The van der Waals surface area contributed by atoms with Gasteiger partial charge in [0, 0.05) is 0 Å². The zero-order chi connectivity index (χ0) is 32.3. The van der Waals surface area contributed by atoms with E-state index in [4.69, 9.17) is 28.0 Å². The van der Waals surface area contributed by atoms with Crippen molar-refractivity contribution in [3.8, 4) is 0 Å². The topological polar surface area (TPSA) is 80.5 Å². The van der Waals surface area contributed by atoms with E-state index >= 15 is 0 Å². The van der Waals surface area contributed by atoms with Gasteiger partial charge in [0.15, 0.2) is 36.8 Å². The van der Waals surface area contributed by atoms with Crippen molar-refractivity contribution < 1.29 is 18.0 Å². The van der Waals surface area contributed by atoms with E-state index in [9.17, 15) is 0 Å². The van der Waals surface area contributed by atoms with Crippen molar-refractivity contribution in [3.05, 3.63) is 17.8 Å². The van der Waals surface area contributed by atoms with Crippen LogP contribution in [0.2, 0.25) is 54.4 Å². The maximum atomic E-state index is 7.31. The lowest BCUT2D eigenvalue weighted by molar-refractivity contribution is -0.0470. The molecule has 0 amide bonds. The van der Waals surface area contributed by atoms with Crippen LogP contribution in [0.4, 0.5) is 0 Å². The van der Waals surface area contributed by atoms with Crippen LogP contribution in [0.15, 0.2) is 6.33 Å². The van der Waals surface area contributed by atoms with Gasteiger partial charge in [0.1, 0.15) is 29.7 Å². The summed E-state index contributed by atoms with van der Waals surface area (Å²) < 4.78 is 30.5. The Hall–Kier alpha value is -0.959. The Labute approximate surface area is 259 Å². The lowest BCUT2D eigenvalue weighted by atomic mass is 10.1. The second kappa shape index (κ2) is 11.8. The maximum absolute atomic E-state index is 7.31. The summed E-state index contributed by atoms with van der Waals surface area (Å²) in [6, 6.07) is 0. The molecule has 8 nitrogen and oxygen atoms in total. The highest BCUT2D eigenvalue weighted by molar-refractivity contribution is 6.75. The molecule has 11 heteroatoms. The average molecular weight is 637 g/mol. The first-order valence-electron chi connectivity index (χ1n) is 15.7. The fourth-order valence-corrected chi connectivity index (χ4v) is 8.02. The SMILES string of the molecule is CCc1nc(C)nc2c1ncn2[C@@H]1O[C@H](CO[Si](C)(C)C(C)(C)C)[C@@H](O[Si](C)(C)C(C)(C)C)[C@H]1O[Si](C)(C)C(C)(C)C. The maximum Gasteiger partial charge on any atom is 0.192 e. The molecule has 1 fully saturated rings. The fourth-order valence-electron chi connectivity index (χ4n) is 4.40. The fraction of sp³-hybridized carbons (Fsp3) is 0.839. The molecule has 0 aliphatic carbocycles. The van der Waals surface area contributed by atoms with Crippen molar-refractivity contribution >= 4 is 36.1 Å². The number of fused-ring (bicyclic) bond motifs is 1. The Kier molecular flexibility index (Phi) is 9.94. The van der Waals surface area contributed by atoms with Gasteiger partial charge in [0.05, 0.1) is 18.6 Å². The lowest BCUT2D eigenvalue weighted by Crippen LogP contribution is -2.54. The number of nitrogens with zero attached hydrogens (tertiary/aromatic N) is 4. The zero-order valence-electron chi connectivity index (χ0n) is 29.7. The summed E-state index contributed by atoms with van der Waals surface area (Å²) >= 11 is 0. The highest BCUT2D eigenvalue weighted by atomic mass is 28.4. The second-order valence-electron chi connectivity index (χ2n) is 16.7. The van der Waals surface area contributed by atoms with Crippen LogP contribution < -0.4 is 0 Å². The Morgan fingerprint density at radius 1 is 0.786 bits per heavy atom. The van der Waals surface area contributed by atoms with Gasteiger partial charge in [-0.3, -0.25) is 4.57 Å². The highest BCUT2D eigenvalue weighted by Gasteiger charge is 2.55. The number of aromatic nitrogens is 4.